The van der Waals surface area contributed by atoms with Crippen LogP contribution in [0.2, 0.25) is 0 Å². The molecule has 0 saturated heterocycles. The van der Waals surface area contributed by atoms with Crippen LogP contribution >= 0.6 is 0 Å². The van der Waals surface area contributed by atoms with Crippen LogP contribution in [-0.4, -0.2) is 34.6 Å². The van der Waals surface area contributed by atoms with Gasteiger partial charge in [-0.2, -0.15) is 5.26 Å². The van der Waals surface area contributed by atoms with Gasteiger partial charge in [0, 0.05) is 25.2 Å². The Hall–Kier alpha value is -2.22. The Labute approximate surface area is 93.2 Å². The Morgan fingerprint density at radius 1 is 1.38 bits per heavy atom. The van der Waals surface area contributed by atoms with E-state index in [0.717, 1.165) is 6.07 Å². The average Bonchev–Trinajstić information content (AvgIpc) is 2.23. The Bertz CT molecular complexity index is 417. The van der Waals surface area contributed by atoms with Gasteiger partial charge in [-0.15, -0.1) is 0 Å². The molecule has 0 unspecified atom stereocenters. The summed E-state index contributed by atoms with van der Waals surface area (Å²) in [5, 5.41) is 26.8. The second-order valence-corrected chi connectivity index (χ2v) is 3.37. The SMILES string of the molecule is CN(CCC#N)C(=O)c1cc(O)cc(O)c1. The Balaban J connectivity index is 2.84. The molecule has 0 saturated carbocycles. The summed E-state index contributed by atoms with van der Waals surface area (Å²) in [4.78, 5) is 13.1. The fourth-order valence-electron chi connectivity index (χ4n) is 1.26. The van der Waals surface area contributed by atoms with Crippen molar-refractivity contribution in [2.75, 3.05) is 13.6 Å². The van der Waals surface area contributed by atoms with Crippen LogP contribution in [0, 0.1) is 11.3 Å². The molecule has 0 bridgehead atoms. The van der Waals surface area contributed by atoms with Gasteiger partial charge in [0.25, 0.3) is 5.91 Å². The number of benzene rings is 1. The van der Waals surface area contributed by atoms with Crippen molar-refractivity contribution in [1.29, 1.82) is 5.26 Å². The van der Waals surface area contributed by atoms with E-state index in [1.165, 1.54) is 17.0 Å². The van der Waals surface area contributed by atoms with Crippen LogP contribution in [0.3, 0.4) is 0 Å². The molecule has 5 heteroatoms. The van der Waals surface area contributed by atoms with Gasteiger partial charge in [-0.25, -0.2) is 0 Å². The summed E-state index contributed by atoms with van der Waals surface area (Å²) in [5.74, 6) is -0.685. The van der Waals surface area contributed by atoms with Crippen molar-refractivity contribution in [3.63, 3.8) is 0 Å². The van der Waals surface area contributed by atoms with Gasteiger partial charge in [-0.1, -0.05) is 0 Å². The summed E-state index contributed by atoms with van der Waals surface area (Å²) < 4.78 is 0. The van der Waals surface area contributed by atoms with Crippen molar-refractivity contribution in [3.8, 4) is 17.6 Å². The first-order valence-corrected chi connectivity index (χ1v) is 4.70. The monoisotopic (exact) mass is 220 g/mol. The third-order valence-electron chi connectivity index (χ3n) is 2.06. The number of amides is 1. The highest BCUT2D eigenvalue weighted by atomic mass is 16.3. The fourth-order valence-corrected chi connectivity index (χ4v) is 1.26. The summed E-state index contributed by atoms with van der Waals surface area (Å²) in [5.41, 5.74) is 0.193. The van der Waals surface area contributed by atoms with Crippen LogP contribution in [0.4, 0.5) is 0 Å². The first-order valence-electron chi connectivity index (χ1n) is 4.70. The lowest BCUT2D eigenvalue weighted by atomic mass is 10.1. The molecular formula is C11H12N2O3. The van der Waals surface area contributed by atoms with Crippen molar-refractivity contribution in [3.05, 3.63) is 23.8 Å². The number of nitriles is 1. The van der Waals surface area contributed by atoms with Crippen molar-refractivity contribution in [2.24, 2.45) is 0 Å². The van der Waals surface area contributed by atoms with Crippen molar-refractivity contribution < 1.29 is 15.0 Å². The number of carbonyl (C=O) groups is 1. The maximum absolute atomic E-state index is 11.7. The zero-order valence-corrected chi connectivity index (χ0v) is 8.84. The molecule has 1 aromatic carbocycles. The summed E-state index contributed by atoms with van der Waals surface area (Å²) in [6, 6.07) is 5.62. The first-order chi connectivity index (χ1) is 7.54. The van der Waals surface area contributed by atoms with E-state index in [0.29, 0.717) is 6.54 Å². The molecule has 0 fully saturated rings. The molecule has 1 rings (SSSR count). The molecule has 84 valence electrons. The first kappa shape index (κ1) is 11.9. The Kier molecular flexibility index (Phi) is 3.72. The highest BCUT2D eigenvalue weighted by molar-refractivity contribution is 5.94. The molecule has 0 aromatic heterocycles. The van der Waals surface area contributed by atoms with Gasteiger partial charge in [-0.05, 0) is 12.1 Å². The molecule has 16 heavy (non-hydrogen) atoms. The molecule has 0 atom stereocenters. The van der Waals surface area contributed by atoms with E-state index in [9.17, 15) is 15.0 Å². The topological polar surface area (TPSA) is 84.6 Å². The smallest absolute Gasteiger partial charge is 0.253 e. The molecule has 5 nitrogen and oxygen atoms in total. The maximum Gasteiger partial charge on any atom is 0.253 e. The van der Waals surface area contributed by atoms with Crippen LogP contribution < -0.4 is 0 Å². The van der Waals surface area contributed by atoms with Crippen LogP contribution in [0.1, 0.15) is 16.8 Å². The third kappa shape index (κ3) is 2.89. The van der Waals surface area contributed by atoms with E-state index in [1.807, 2.05) is 6.07 Å². The van der Waals surface area contributed by atoms with Crippen molar-refractivity contribution >= 4 is 5.91 Å². The highest BCUT2D eigenvalue weighted by Crippen LogP contribution is 2.21. The van der Waals surface area contributed by atoms with Crippen LogP contribution in [0.5, 0.6) is 11.5 Å². The summed E-state index contributed by atoms with van der Waals surface area (Å²) in [7, 11) is 1.56. The van der Waals surface area contributed by atoms with E-state index in [2.05, 4.69) is 0 Å². The van der Waals surface area contributed by atoms with Crippen LogP contribution in [0.15, 0.2) is 18.2 Å². The number of rotatable bonds is 3. The molecule has 1 aromatic rings. The van der Waals surface area contributed by atoms with Gasteiger partial charge in [0.15, 0.2) is 0 Å². The van der Waals surface area contributed by atoms with Gasteiger partial charge in [0.1, 0.15) is 11.5 Å². The quantitative estimate of drug-likeness (QED) is 0.798. The van der Waals surface area contributed by atoms with E-state index in [1.54, 1.807) is 7.05 Å². The Morgan fingerprint density at radius 3 is 2.44 bits per heavy atom. The number of aromatic hydroxyl groups is 2. The van der Waals surface area contributed by atoms with Gasteiger partial charge >= 0.3 is 0 Å². The minimum atomic E-state index is -0.346. The zero-order chi connectivity index (χ0) is 12.1. The normalized spacial score (nSPS) is 9.50. The van der Waals surface area contributed by atoms with Crippen molar-refractivity contribution in [2.45, 2.75) is 6.42 Å². The lowest BCUT2D eigenvalue weighted by Gasteiger charge is -2.15. The number of nitrogens with zero attached hydrogens (tertiary/aromatic N) is 2. The summed E-state index contributed by atoms with van der Waals surface area (Å²) in [6.45, 7) is 0.311. The molecule has 0 spiro atoms. The minimum Gasteiger partial charge on any atom is -0.508 e. The van der Waals surface area contributed by atoms with Crippen molar-refractivity contribution in [1.82, 2.24) is 4.90 Å². The molecule has 2 N–H and O–H groups in total. The van der Waals surface area contributed by atoms with Gasteiger partial charge in [-0.3, -0.25) is 4.79 Å². The summed E-state index contributed by atoms with van der Waals surface area (Å²) >= 11 is 0. The molecule has 1 amide bonds. The number of phenols is 2. The standard InChI is InChI=1S/C11H12N2O3/c1-13(4-2-3-12)11(16)8-5-9(14)7-10(15)6-8/h5-7,14-15H,2,4H2,1H3. The zero-order valence-electron chi connectivity index (χ0n) is 8.84. The predicted molar refractivity (Wildman–Crippen MR) is 57.0 cm³/mol. The number of phenolic OH excluding ortho intramolecular Hbond substituents is 2. The number of hydrogen-bond donors (Lipinski definition) is 2. The van der Waals surface area contributed by atoms with Crippen LogP contribution in [-0.2, 0) is 0 Å². The fraction of sp³-hybridized carbons (Fsp3) is 0.273. The molecule has 0 aliphatic rings. The van der Waals surface area contributed by atoms with Gasteiger partial charge < -0.3 is 15.1 Å². The molecule has 0 aliphatic heterocycles. The van der Waals surface area contributed by atoms with Gasteiger partial charge in [0.05, 0.1) is 12.5 Å². The van der Waals surface area contributed by atoms with E-state index >= 15 is 0 Å². The molecular weight excluding hydrogens is 208 g/mol. The lowest BCUT2D eigenvalue weighted by molar-refractivity contribution is 0.0797. The molecule has 0 radical (unpaired) electrons. The van der Waals surface area contributed by atoms with Gasteiger partial charge in [0.2, 0.25) is 0 Å². The predicted octanol–water partition coefficient (Wildman–Crippen LogP) is 1.08. The maximum atomic E-state index is 11.7. The second-order valence-electron chi connectivity index (χ2n) is 3.37. The second kappa shape index (κ2) is 5.03. The minimum absolute atomic E-state index is 0.169. The lowest BCUT2D eigenvalue weighted by Crippen LogP contribution is -2.27. The van der Waals surface area contributed by atoms with E-state index in [4.69, 9.17) is 5.26 Å². The van der Waals surface area contributed by atoms with E-state index in [-0.39, 0.29) is 29.4 Å². The largest absolute Gasteiger partial charge is 0.508 e. The Morgan fingerprint density at radius 2 is 1.94 bits per heavy atom. The molecule has 0 heterocycles. The molecule has 0 aliphatic carbocycles. The number of carbonyl (C=O) groups excluding carboxylic acids is 1. The van der Waals surface area contributed by atoms with E-state index < -0.39 is 0 Å². The van der Waals surface area contributed by atoms with Crippen LogP contribution in [0.25, 0.3) is 0 Å². The average molecular weight is 220 g/mol. The third-order valence-corrected chi connectivity index (χ3v) is 2.06. The number of hydrogen-bond acceptors (Lipinski definition) is 4. The summed E-state index contributed by atoms with van der Waals surface area (Å²) in [6.07, 6.45) is 0.243. The highest BCUT2D eigenvalue weighted by Gasteiger charge is 2.12.